The van der Waals surface area contributed by atoms with Gasteiger partial charge in [0, 0.05) is 37.2 Å². The molecular formula is C18H20N2O4S. The average molecular weight is 360 g/mol. The first-order chi connectivity index (χ1) is 11.6. The molecule has 2 aromatic rings. The number of hydrogen-bond acceptors (Lipinski definition) is 4. The molecule has 2 rings (SSSR count). The van der Waals surface area contributed by atoms with E-state index in [-0.39, 0.29) is 16.7 Å². The zero-order chi connectivity index (χ0) is 18.8. The van der Waals surface area contributed by atoms with E-state index in [1.54, 1.807) is 39.2 Å². The predicted octanol–water partition coefficient (Wildman–Crippen LogP) is 2.35. The summed E-state index contributed by atoms with van der Waals surface area (Å²) >= 11 is 0. The van der Waals surface area contributed by atoms with Crippen LogP contribution in [-0.2, 0) is 9.84 Å². The first kappa shape index (κ1) is 18.7. The average Bonchev–Trinajstić information content (AvgIpc) is 2.55. The summed E-state index contributed by atoms with van der Waals surface area (Å²) < 4.78 is 22.9. The Labute approximate surface area is 147 Å². The van der Waals surface area contributed by atoms with Gasteiger partial charge in [0.05, 0.1) is 4.90 Å². The summed E-state index contributed by atoms with van der Waals surface area (Å²) in [6, 6.07) is 10.8. The minimum atomic E-state index is -3.31. The summed E-state index contributed by atoms with van der Waals surface area (Å²) in [5, 5.41) is 2.76. The Morgan fingerprint density at radius 2 is 1.60 bits per heavy atom. The van der Waals surface area contributed by atoms with E-state index in [1.165, 1.54) is 29.2 Å². The number of amides is 2. The number of anilines is 1. The molecular weight excluding hydrogens is 340 g/mol. The van der Waals surface area contributed by atoms with E-state index in [0.717, 1.165) is 6.26 Å². The third kappa shape index (κ3) is 4.24. The standard InChI is InChI=1S/C18H20N2O4S/c1-12-15(18(22)20(2)3)6-5-7-16(12)19-17(21)13-8-10-14(11-9-13)25(4,23)24/h5-11H,1-4H3,(H,19,21). The minimum Gasteiger partial charge on any atom is -0.345 e. The third-order valence-corrected chi connectivity index (χ3v) is 4.89. The number of sulfone groups is 1. The monoisotopic (exact) mass is 360 g/mol. The number of carbonyl (C=O) groups is 2. The van der Waals surface area contributed by atoms with Gasteiger partial charge in [0.25, 0.3) is 11.8 Å². The lowest BCUT2D eigenvalue weighted by Crippen LogP contribution is -2.23. The van der Waals surface area contributed by atoms with Crippen LogP contribution >= 0.6 is 0 Å². The van der Waals surface area contributed by atoms with Crippen molar-refractivity contribution in [3.8, 4) is 0 Å². The third-order valence-electron chi connectivity index (χ3n) is 3.76. The van der Waals surface area contributed by atoms with Crippen molar-refractivity contribution in [1.29, 1.82) is 0 Å². The molecule has 0 unspecified atom stereocenters. The van der Waals surface area contributed by atoms with Crippen molar-refractivity contribution < 1.29 is 18.0 Å². The molecule has 0 atom stereocenters. The van der Waals surface area contributed by atoms with Crippen LogP contribution in [0.3, 0.4) is 0 Å². The maximum absolute atomic E-state index is 12.4. The van der Waals surface area contributed by atoms with Crippen molar-refractivity contribution in [3.63, 3.8) is 0 Å². The Morgan fingerprint density at radius 3 is 2.12 bits per heavy atom. The second-order valence-electron chi connectivity index (χ2n) is 5.93. The maximum Gasteiger partial charge on any atom is 0.255 e. The number of nitrogens with one attached hydrogen (secondary N) is 1. The van der Waals surface area contributed by atoms with Crippen LogP contribution in [0.1, 0.15) is 26.3 Å². The summed E-state index contributed by atoms with van der Waals surface area (Å²) in [7, 11) is 0.0181. The molecule has 0 saturated carbocycles. The van der Waals surface area contributed by atoms with Crippen LogP contribution < -0.4 is 5.32 Å². The predicted molar refractivity (Wildman–Crippen MR) is 96.7 cm³/mol. The fourth-order valence-corrected chi connectivity index (χ4v) is 2.92. The van der Waals surface area contributed by atoms with Gasteiger partial charge in [0.2, 0.25) is 0 Å². The minimum absolute atomic E-state index is 0.147. The molecule has 25 heavy (non-hydrogen) atoms. The Balaban J connectivity index is 2.27. The zero-order valence-corrected chi connectivity index (χ0v) is 15.3. The van der Waals surface area contributed by atoms with E-state index in [2.05, 4.69) is 5.32 Å². The summed E-state index contributed by atoms with van der Waals surface area (Å²) in [5.41, 5.74) is 2.04. The van der Waals surface area contributed by atoms with Crippen molar-refractivity contribution in [1.82, 2.24) is 4.90 Å². The lowest BCUT2D eigenvalue weighted by molar-refractivity contribution is 0.0826. The van der Waals surface area contributed by atoms with E-state index in [1.807, 2.05) is 0 Å². The van der Waals surface area contributed by atoms with E-state index >= 15 is 0 Å². The van der Waals surface area contributed by atoms with Crippen LogP contribution in [0.25, 0.3) is 0 Å². The normalized spacial score (nSPS) is 11.0. The number of hydrogen-bond donors (Lipinski definition) is 1. The van der Waals surface area contributed by atoms with Gasteiger partial charge in [-0.25, -0.2) is 8.42 Å². The molecule has 0 aliphatic rings. The van der Waals surface area contributed by atoms with Crippen molar-refractivity contribution in [2.45, 2.75) is 11.8 Å². The molecule has 0 bridgehead atoms. The second-order valence-corrected chi connectivity index (χ2v) is 7.94. The van der Waals surface area contributed by atoms with E-state index in [4.69, 9.17) is 0 Å². The van der Waals surface area contributed by atoms with Gasteiger partial charge < -0.3 is 10.2 Å². The molecule has 2 aromatic carbocycles. The van der Waals surface area contributed by atoms with E-state index in [9.17, 15) is 18.0 Å². The summed E-state index contributed by atoms with van der Waals surface area (Å²) in [5.74, 6) is -0.524. The fourth-order valence-electron chi connectivity index (χ4n) is 2.29. The Kier molecular flexibility index (Phi) is 5.27. The highest BCUT2D eigenvalue weighted by atomic mass is 32.2. The van der Waals surface area contributed by atoms with E-state index < -0.39 is 9.84 Å². The van der Waals surface area contributed by atoms with Crippen LogP contribution in [0.4, 0.5) is 5.69 Å². The van der Waals surface area contributed by atoms with Gasteiger partial charge in [-0.15, -0.1) is 0 Å². The van der Waals surface area contributed by atoms with Gasteiger partial charge in [-0.2, -0.15) is 0 Å². The molecule has 2 amide bonds. The zero-order valence-electron chi connectivity index (χ0n) is 14.5. The quantitative estimate of drug-likeness (QED) is 0.907. The van der Waals surface area contributed by atoms with Gasteiger partial charge in [-0.05, 0) is 48.9 Å². The molecule has 0 fully saturated rings. The van der Waals surface area contributed by atoms with Gasteiger partial charge in [0.1, 0.15) is 0 Å². The first-order valence-corrected chi connectivity index (χ1v) is 9.43. The van der Waals surface area contributed by atoms with E-state index in [0.29, 0.717) is 22.4 Å². The van der Waals surface area contributed by atoms with Gasteiger partial charge in [-0.1, -0.05) is 6.07 Å². The summed E-state index contributed by atoms with van der Waals surface area (Å²) in [6.07, 6.45) is 1.11. The topological polar surface area (TPSA) is 83.5 Å². The van der Waals surface area contributed by atoms with Crippen LogP contribution in [0.5, 0.6) is 0 Å². The first-order valence-electron chi connectivity index (χ1n) is 7.54. The van der Waals surface area contributed by atoms with Crippen LogP contribution in [0.15, 0.2) is 47.4 Å². The SMILES string of the molecule is Cc1c(NC(=O)c2ccc(S(C)(=O)=O)cc2)cccc1C(=O)N(C)C. The smallest absolute Gasteiger partial charge is 0.255 e. The molecule has 6 nitrogen and oxygen atoms in total. The molecule has 1 N–H and O–H groups in total. The number of carbonyl (C=O) groups excluding carboxylic acids is 2. The maximum atomic E-state index is 12.4. The lowest BCUT2D eigenvalue weighted by Gasteiger charge is -2.15. The molecule has 0 aliphatic heterocycles. The molecule has 0 heterocycles. The highest BCUT2D eigenvalue weighted by Crippen LogP contribution is 2.21. The summed E-state index contributed by atoms with van der Waals surface area (Å²) in [4.78, 5) is 26.2. The van der Waals surface area contributed by atoms with Crippen molar-refractivity contribution >= 4 is 27.3 Å². The Morgan fingerprint density at radius 1 is 1.00 bits per heavy atom. The second kappa shape index (κ2) is 7.06. The van der Waals surface area contributed by atoms with Crippen molar-refractivity contribution in [2.75, 3.05) is 25.7 Å². The largest absolute Gasteiger partial charge is 0.345 e. The molecule has 0 radical (unpaired) electrons. The van der Waals surface area contributed by atoms with Crippen LogP contribution in [-0.4, -0.2) is 45.5 Å². The number of benzene rings is 2. The highest BCUT2D eigenvalue weighted by Gasteiger charge is 2.15. The number of nitrogens with zero attached hydrogens (tertiary/aromatic N) is 1. The Bertz CT molecular complexity index is 917. The molecule has 0 spiro atoms. The lowest BCUT2D eigenvalue weighted by atomic mass is 10.1. The highest BCUT2D eigenvalue weighted by molar-refractivity contribution is 7.90. The molecule has 0 aliphatic carbocycles. The molecule has 132 valence electrons. The molecule has 7 heteroatoms. The van der Waals surface area contributed by atoms with Crippen LogP contribution in [0.2, 0.25) is 0 Å². The number of rotatable bonds is 4. The van der Waals surface area contributed by atoms with Gasteiger partial charge in [-0.3, -0.25) is 9.59 Å². The van der Waals surface area contributed by atoms with Crippen molar-refractivity contribution in [2.24, 2.45) is 0 Å². The van der Waals surface area contributed by atoms with Crippen LogP contribution in [0, 0.1) is 6.92 Å². The fraction of sp³-hybridized carbons (Fsp3) is 0.222. The van der Waals surface area contributed by atoms with Gasteiger partial charge in [0.15, 0.2) is 9.84 Å². The molecule has 0 saturated heterocycles. The Hall–Kier alpha value is -2.67. The summed E-state index contributed by atoms with van der Waals surface area (Å²) in [6.45, 7) is 1.76. The van der Waals surface area contributed by atoms with Gasteiger partial charge >= 0.3 is 0 Å². The molecule has 0 aromatic heterocycles. The van der Waals surface area contributed by atoms with Crippen molar-refractivity contribution in [3.05, 3.63) is 59.2 Å².